The number of nitrogens with zero attached hydrogens (tertiary/aromatic N) is 2. The third-order valence-electron chi connectivity index (χ3n) is 2.24. The van der Waals surface area contributed by atoms with Gasteiger partial charge in [-0.25, -0.2) is 0 Å². The average Bonchev–Trinajstić information content (AvgIpc) is 2.85. The third kappa shape index (κ3) is 1.08. The van der Waals surface area contributed by atoms with Gasteiger partial charge in [0, 0.05) is 23.1 Å². The van der Waals surface area contributed by atoms with Crippen molar-refractivity contribution in [2.75, 3.05) is 0 Å². The normalized spacial score (nSPS) is 10.9. The van der Waals surface area contributed by atoms with Gasteiger partial charge in [-0.15, -0.1) is 5.10 Å². The minimum absolute atomic E-state index is 0.137. The predicted molar refractivity (Wildman–Crippen MR) is 52.2 cm³/mol. The van der Waals surface area contributed by atoms with Crippen LogP contribution in [0.4, 0.5) is 0 Å². The fourth-order valence-electron chi connectivity index (χ4n) is 1.56. The van der Waals surface area contributed by atoms with Gasteiger partial charge in [-0.2, -0.15) is 0 Å². The molecule has 0 aromatic carbocycles. The topological polar surface area (TPSA) is 87.6 Å². The predicted octanol–water partition coefficient (Wildman–Crippen LogP) is 0.906. The van der Waals surface area contributed by atoms with Crippen molar-refractivity contribution >= 4 is 10.8 Å². The van der Waals surface area contributed by atoms with E-state index in [0.717, 1.165) is 5.39 Å². The van der Waals surface area contributed by atoms with Crippen molar-refractivity contribution in [2.45, 2.75) is 0 Å². The third-order valence-corrected chi connectivity index (χ3v) is 2.24. The maximum atomic E-state index is 11.4. The Kier molecular flexibility index (Phi) is 1.49. The molecule has 0 saturated heterocycles. The van der Waals surface area contributed by atoms with E-state index in [1.165, 1.54) is 6.20 Å². The molecule has 6 nitrogen and oxygen atoms in total. The molecule has 0 amide bonds. The Balaban J connectivity index is 2.39. The fourth-order valence-corrected chi connectivity index (χ4v) is 1.56. The minimum Gasteiger partial charge on any atom is -0.357 e. The van der Waals surface area contributed by atoms with Crippen molar-refractivity contribution in [3.05, 3.63) is 35.0 Å². The molecule has 6 heteroatoms. The van der Waals surface area contributed by atoms with Crippen LogP contribution in [-0.4, -0.2) is 20.3 Å². The summed E-state index contributed by atoms with van der Waals surface area (Å²) in [6.07, 6.45) is 4.71. The first kappa shape index (κ1) is 7.98. The van der Waals surface area contributed by atoms with Crippen LogP contribution >= 0.6 is 0 Å². The van der Waals surface area contributed by atoms with Crippen molar-refractivity contribution in [3.8, 4) is 11.5 Å². The van der Waals surface area contributed by atoms with E-state index < -0.39 is 0 Å². The van der Waals surface area contributed by atoms with Gasteiger partial charge in [0.1, 0.15) is 6.20 Å². The van der Waals surface area contributed by atoms with Crippen LogP contribution < -0.4 is 5.56 Å². The molecule has 0 bridgehead atoms. The summed E-state index contributed by atoms with van der Waals surface area (Å²) in [5.74, 6) is 0.510. The van der Waals surface area contributed by atoms with Gasteiger partial charge in [0.05, 0.1) is 11.1 Å². The van der Waals surface area contributed by atoms with Gasteiger partial charge in [0.15, 0.2) is 0 Å². The Morgan fingerprint density at radius 2 is 2.20 bits per heavy atom. The van der Waals surface area contributed by atoms with Crippen molar-refractivity contribution in [1.29, 1.82) is 0 Å². The van der Waals surface area contributed by atoms with Crippen molar-refractivity contribution in [3.63, 3.8) is 0 Å². The highest BCUT2D eigenvalue weighted by Gasteiger charge is 2.11. The Bertz CT molecular complexity index is 650. The minimum atomic E-state index is -0.137. The molecule has 3 heterocycles. The molecule has 0 aliphatic rings. The lowest BCUT2D eigenvalue weighted by Gasteiger charge is -1.91. The lowest BCUT2D eigenvalue weighted by atomic mass is 10.2. The van der Waals surface area contributed by atoms with E-state index in [1.807, 2.05) is 0 Å². The zero-order valence-electron chi connectivity index (χ0n) is 7.52. The molecule has 15 heavy (non-hydrogen) atoms. The molecular weight excluding hydrogens is 196 g/mol. The van der Waals surface area contributed by atoms with Gasteiger partial charge in [-0.05, 0) is 6.07 Å². The highest BCUT2D eigenvalue weighted by Crippen LogP contribution is 2.24. The first-order valence-corrected chi connectivity index (χ1v) is 4.33. The molecule has 3 aromatic rings. The SMILES string of the molecule is O=c1[nH]ccc2c(-c3cnno3)[nH]cc12. The van der Waals surface area contributed by atoms with Crippen LogP contribution in [0.25, 0.3) is 22.2 Å². The molecule has 3 rings (SSSR count). The zero-order chi connectivity index (χ0) is 10.3. The Morgan fingerprint density at radius 1 is 1.27 bits per heavy atom. The van der Waals surface area contributed by atoms with Gasteiger partial charge in [0.2, 0.25) is 5.76 Å². The van der Waals surface area contributed by atoms with Crippen LogP contribution in [0.3, 0.4) is 0 Å². The second kappa shape index (κ2) is 2.81. The number of pyridine rings is 1. The Morgan fingerprint density at radius 3 is 3.00 bits per heavy atom. The van der Waals surface area contributed by atoms with Crippen molar-refractivity contribution in [1.82, 2.24) is 20.3 Å². The second-order valence-corrected chi connectivity index (χ2v) is 3.08. The Labute approximate surface area is 82.9 Å². The van der Waals surface area contributed by atoms with Gasteiger partial charge in [-0.1, -0.05) is 0 Å². The maximum absolute atomic E-state index is 11.4. The van der Waals surface area contributed by atoms with E-state index in [4.69, 9.17) is 4.52 Å². The first-order valence-electron chi connectivity index (χ1n) is 4.33. The van der Waals surface area contributed by atoms with Crippen molar-refractivity contribution < 1.29 is 4.52 Å². The summed E-state index contributed by atoms with van der Waals surface area (Å²) in [6, 6.07) is 1.80. The maximum Gasteiger partial charge on any atom is 0.257 e. The lowest BCUT2D eigenvalue weighted by molar-refractivity contribution is 0.403. The van der Waals surface area contributed by atoms with Crippen LogP contribution in [0, 0.1) is 0 Å². The molecular formula is C9H6N4O2. The van der Waals surface area contributed by atoms with E-state index in [-0.39, 0.29) is 5.56 Å². The van der Waals surface area contributed by atoms with Crippen LogP contribution in [-0.2, 0) is 0 Å². The standard InChI is InChI=1S/C9H6N4O2/c14-9-6-3-11-8(5(6)1-2-10-9)7-4-12-13-15-7/h1-4,11H,(H,10,14). The lowest BCUT2D eigenvalue weighted by Crippen LogP contribution is -2.02. The smallest absolute Gasteiger partial charge is 0.257 e. The summed E-state index contributed by atoms with van der Waals surface area (Å²) in [4.78, 5) is 17.0. The van der Waals surface area contributed by atoms with Gasteiger partial charge < -0.3 is 14.5 Å². The molecule has 0 aliphatic carbocycles. The molecule has 0 saturated carbocycles. The molecule has 3 aromatic heterocycles. The molecule has 0 aliphatic heterocycles. The average molecular weight is 202 g/mol. The fraction of sp³-hybridized carbons (Fsp3) is 0. The highest BCUT2D eigenvalue weighted by molar-refractivity contribution is 5.93. The molecule has 0 radical (unpaired) electrons. The van der Waals surface area contributed by atoms with E-state index in [1.54, 1.807) is 18.5 Å². The molecule has 0 spiro atoms. The van der Waals surface area contributed by atoms with Crippen molar-refractivity contribution in [2.24, 2.45) is 0 Å². The van der Waals surface area contributed by atoms with E-state index in [0.29, 0.717) is 16.8 Å². The second-order valence-electron chi connectivity index (χ2n) is 3.08. The van der Waals surface area contributed by atoms with Gasteiger partial charge in [-0.3, -0.25) is 4.79 Å². The quantitative estimate of drug-likeness (QED) is 0.613. The molecule has 2 N–H and O–H groups in total. The van der Waals surface area contributed by atoms with Crippen LogP contribution in [0.1, 0.15) is 0 Å². The summed E-state index contributed by atoms with van der Waals surface area (Å²) in [6.45, 7) is 0. The van der Waals surface area contributed by atoms with Gasteiger partial charge in [0.25, 0.3) is 5.56 Å². The summed E-state index contributed by atoms with van der Waals surface area (Å²) >= 11 is 0. The Hall–Kier alpha value is -2.37. The van der Waals surface area contributed by atoms with Gasteiger partial charge >= 0.3 is 0 Å². The van der Waals surface area contributed by atoms with E-state index >= 15 is 0 Å². The number of aromatic amines is 2. The molecule has 0 fully saturated rings. The largest absolute Gasteiger partial charge is 0.357 e. The first-order chi connectivity index (χ1) is 7.36. The number of hydrogen-bond acceptors (Lipinski definition) is 4. The molecule has 74 valence electrons. The highest BCUT2D eigenvalue weighted by atomic mass is 16.5. The van der Waals surface area contributed by atoms with Crippen LogP contribution in [0.5, 0.6) is 0 Å². The van der Waals surface area contributed by atoms with E-state index in [9.17, 15) is 4.79 Å². The number of H-pyrrole nitrogens is 2. The van der Waals surface area contributed by atoms with Crippen LogP contribution in [0.15, 0.2) is 34.0 Å². The van der Waals surface area contributed by atoms with E-state index in [2.05, 4.69) is 20.3 Å². The summed E-state index contributed by atoms with van der Waals surface area (Å²) in [5.41, 5.74) is 0.573. The number of hydrogen-bond donors (Lipinski definition) is 2. The number of rotatable bonds is 1. The summed E-state index contributed by atoms with van der Waals surface area (Å²) in [7, 11) is 0. The summed E-state index contributed by atoms with van der Waals surface area (Å²) < 4.78 is 4.92. The summed E-state index contributed by atoms with van der Waals surface area (Å²) in [5, 5.41) is 8.34. The monoisotopic (exact) mass is 202 g/mol. The van der Waals surface area contributed by atoms with Crippen LogP contribution in [0.2, 0.25) is 0 Å². The zero-order valence-corrected chi connectivity index (χ0v) is 7.52. The molecule has 0 atom stereocenters. The molecule has 0 unspecified atom stereocenters. The number of aromatic nitrogens is 4. The number of nitrogens with one attached hydrogen (secondary N) is 2. The number of fused-ring (bicyclic) bond motifs is 1.